The maximum Gasteiger partial charge on any atom is 0.257 e. The van der Waals surface area contributed by atoms with Gasteiger partial charge in [-0.2, -0.15) is 0 Å². The first-order chi connectivity index (χ1) is 9.52. The molecule has 0 aromatic heterocycles. The van der Waals surface area contributed by atoms with Gasteiger partial charge >= 0.3 is 0 Å². The number of likely N-dealkylation sites (tertiary alicyclic amines) is 1. The molecule has 1 aliphatic rings. The molecule has 0 radical (unpaired) electrons. The van der Waals surface area contributed by atoms with Crippen LogP contribution < -0.4 is 4.74 Å². The van der Waals surface area contributed by atoms with Gasteiger partial charge in [0.25, 0.3) is 5.91 Å². The van der Waals surface area contributed by atoms with Crippen molar-refractivity contribution >= 4 is 5.91 Å². The topological polar surface area (TPSA) is 49.8 Å². The van der Waals surface area contributed by atoms with Crippen LogP contribution in [0.5, 0.6) is 5.75 Å². The van der Waals surface area contributed by atoms with E-state index in [1.165, 1.54) is 25.3 Å². The standard InChI is InChI=1S/C15H20FNO3/c1-10(18)11-4-3-7-17(9-11)15(19)13-8-12(16)5-6-14(13)20-2/h5-6,8,10-11,18H,3-4,7,9H2,1-2H3. The monoisotopic (exact) mass is 281 g/mol. The molecule has 2 unspecified atom stereocenters. The Bertz CT molecular complexity index is 490. The normalized spacial score (nSPS) is 20.6. The summed E-state index contributed by atoms with van der Waals surface area (Å²) in [5.74, 6) is -0.257. The molecular weight excluding hydrogens is 261 g/mol. The summed E-state index contributed by atoms with van der Waals surface area (Å²) in [6, 6.07) is 3.93. The van der Waals surface area contributed by atoms with Gasteiger partial charge in [-0.05, 0) is 38.0 Å². The first-order valence-electron chi connectivity index (χ1n) is 6.83. The molecule has 2 atom stereocenters. The number of carbonyl (C=O) groups excluding carboxylic acids is 1. The van der Waals surface area contributed by atoms with Crippen LogP contribution in [-0.2, 0) is 0 Å². The third-order valence-corrected chi connectivity index (χ3v) is 3.82. The number of ether oxygens (including phenoxy) is 1. The summed E-state index contributed by atoms with van der Waals surface area (Å²) in [5, 5.41) is 9.67. The molecule has 1 aliphatic heterocycles. The molecule has 110 valence electrons. The third-order valence-electron chi connectivity index (χ3n) is 3.82. The van der Waals surface area contributed by atoms with Gasteiger partial charge in [0.15, 0.2) is 0 Å². The van der Waals surface area contributed by atoms with Crippen molar-refractivity contribution in [3.05, 3.63) is 29.6 Å². The van der Waals surface area contributed by atoms with Crippen LogP contribution >= 0.6 is 0 Å². The zero-order chi connectivity index (χ0) is 14.7. The van der Waals surface area contributed by atoms with Crippen LogP contribution in [0.3, 0.4) is 0 Å². The molecule has 4 nitrogen and oxygen atoms in total. The molecule has 1 fully saturated rings. The fraction of sp³-hybridized carbons (Fsp3) is 0.533. The molecule has 0 bridgehead atoms. The van der Waals surface area contributed by atoms with Crippen molar-refractivity contribution in [2.24, 2.45) is 5.92 Å². The van der Waals surface area contributed by atoms with Crippen molar-refractivity contribution in [1.82, 2.24) is 4.90 Å². The molecule has 0 saturated carbocycles. The molecule has 5 heteroatoms. The number of aliphatic hydroxyl groups excluding tert-OH is 1. The van der Waals surface area contributed by atoms with E-state index in [9.17, 15) is 14.3 Å². The summed E-state index contributed by atoms with van der Waals surface area (Å²) in [5.41, 5.74) is 0.235. The SMILES string of the molecule is COc1ccc(F)cc1C(=O)N1CCCC(C(C)O)C1. The van der Waals surface area contributed by atoms with Gasteiger partial charge in [-0.15, -0.1) is 0 Å². The van der Waals surface area contributed by atoms with Gasteiger partial charge in [-0.25, -0.2) is 4.39 Å². The van der Waals surface area contributed by atoms with Gasteiger partial charge in [0.2, 0.25) is 0 Å². The highest BCUT2D eigenvalue weighted by Crippen LogP contribution is 2.25. The fourth-order valence-corrected chi connectivity index (χ4v) is 2.61. The summed E-state index contributed by atoms with van der Waals surface area (Å²) in [6.07, 6.45) is 1.31. The molecule has 1 heterocycles. The minimum absolute atomic E-state index is 0.0762. The summed E-state index contributed by atoms with van der Waals surface area (Å²) >= 11 is 0. The predicted molar refractivity (Wildman–Crippen MR) is 73.3 cm³/mol. The average Bonchev–Trinajstić information content (AvgIpc) is 2.46. The number of aliphatic hydroxyl groups is 1. The molecule has 1 saturated heterocycles. The van der Waals surface area contributed by atoms with Crippen LogP contribution in [0, 0.1) is 11.7 Å². The molecular formula is C15H20FNO3. The second kappa shape index (κ2) is 6.22. The lowest BCUT2D eigenvalue weighted by atomic mass is 9.93. The summed E-state index contributed by atoms with van der Waals surface area (Å²) in [4.78, 5) is 14.2. The second-order valence-corrected chi connectivity index (χ2v) is 5.24. The summed E-state index contributed by atoms with van der Waals surface area (Å²) < 4.78 is 18.5. The minimum Gasteiger partial charge on any atom is -0.496 e. The first-order valence-corrected chi connectivity index (χ1v) is 6.83. The van der Waals surface area contributed by atoms with Crippen molar-refractivity contribution in [2.75, 3.05) is 20.2 Å². The van der Waals surface area contributed by atoms with E-state index in [1.54, 1.807) is 11.8 Å². The molecule has 20 heavy (non-hydrogen) atoms. The second-order valence-electron chi connectivity index (χ2n) is 5.24. The average molecular weight is 281 g/mol. The summed E-state index contributed by atoms with van der Waals surface area (Å²) in [7, 11) is 1.46. The molecule has 2 rings (SSSR count). The zero-order valence-corrected chi connectivity index (χ0v) is 11.8. The van der Waals surface area contributed by atoms with Crippen molar-refractivity contribution in [2.45, 2.75) is 25.9 Å². The highest BCUT2D eigenvalue weighted by atomic mass is 19.1. The predicted octanol–water partition coefficient (Wildman–Crippen LogP) is 2.07. The maximum absolute atomic E-state index is 13.3. The van der Waals surface area contributed by atoms with E-state index in [2.05, 4.69) is 0 Å². The smallest absolute Gasteiger partial charge is 0.257 e. The van der Waals surface area contributed by atoms with Gasteiger partial charge in [0, 0.05) is 19.0 Å². The Balaban J connectivity index is 2.20. The molecule has 1 aromatic carbocycles. The number of piperidine rings is 1. The van der Waals surface area contributed by atoms with Gasteiger partial charge < -0.3 is 14.7 Å². The quantitative estimate of drug-likeness (QED) is 0.922. The van der Waals surface area contributed by atoms with Crippen molar-refractivity contribution < 1.29 is 19.0 Å². The van der Waals surface area contributed by atoms with Crippen LogP contribution in [-0.4, -0.2) is 42.2 Å². The Morgan fingerprint density at radius 1 is 1.55 bits per heavy atom. The number of hydrogen-bond acceptors (Lipinski definition) is 3. The van der Waals surface area contributed by atoms with E-state index in [0.717, 1.165) is 12.8 Å². The number of benzene rings is 1. The Hall–Kier alpha value is -1.62. The van der Waals surface area contributed by atoms with Crippen LogP contribution in [0.15, 0.2) is 18.2 Å². The van der Waals surface area contributed by atoms with Crippen molar-refractivity contribution in [3.8, 4) is 5.75 Å². The van der Waals surface area contributed by atoms with E-state index in [1.807, 2.05) is 0 Å². The zero-order valence-electron chi connectivity index (χ0n) is 11.8. The Kier molecular flexibility index (Phi) is 4.60. The number of nitrogens with zero attached hydrogens (tertiary/aromatic N) is 1. The van der Waals surface area contributed by atoms with Crippen LogP contribution in [0.1, 0.15) is 30.1 Å². The number of halogens is 1. The number of methoxy groups -OCH3 is 1. The van der Waals surface area contributed by atoms with E-state index in [-0.39, 0.29) is 17.4 Å². The minimum atomic E-state index is -0.460. The Morgan fingerprint density at radius 3 is 2.95 bits per heavy atom. The molecule has 0 spiro atoms. The lowest BCUT2D eigenvalue weighted by Crippen LogP contribution is -2.43. The highest BCUT2D eigenvalue weighted by Gasteiger charge is 2.28. The number of rotatable bonds is 3. The van der Waals surface area contributed by atoms with Gasteiger partial charge in [-0.3, -0.25) is 4.79 Å². The van der Waals surface area contributed by atoms with Gasteiger partial charge in [0.05, 0.1) is 18.8 Å². The lowest BCUT2D eigenvalue weighted by Gasteiger charge is -2.34. The van der Waals surface area contributed by atoms with E-state index >= 15 is 0 Å². The van der Waals surface area contributed by atoms with Crippen molar-refractivity contribution in [1.29, 1.82) is 0 Å². The van der Waals surface area contributed by atoms with E-state index in [0.29, 0.717) is 18.8 Å². The molecule has 1 aromatic rings. The maximum atomic E-state index is 13.3. The van der Waals surface area contributed by atoms with Crippen LogP contribution in [0.25, 0.3) is 0 Å². The Labute approximate surface area is 118 Å². The first kappa shape index (κ1) is 14.8. The third kappa shape index (κ3) is 3.10. The highest BCUT2D eigenvalue weighted by molar-refractivity contribution is 5.97. The number of amides is 1. The van der Waals surface area contributed by atoms with Crippen molar-refractivity contribution in [3.63, 3.8) is 0 Å². The number of hydrogen-bond donors (Lipinski definition) is 1. The lowest BCUT2D eigenvalue weighted by molar-refractivity contribution is 0.0463. The molecule has 1 amide bonds. The van der Waals surface area contributed by atoms with E-state index in [4.69, 9.17) is 4.74 Å². The summed E-state index contributed by atoms with van der Waals surface area (Å²) in [6.45, 7) is 2.86. The number of carbonyl (C=O) groups is 1. The van der Waals surface area contributed by atoms with Crippen LogP contribution in [0.2, 0.25) is 0 Å². The fourth-order valence-electron chi connectivity index (χ4n) is 2.61. The molecule has 1 N–H and O–H groups in total. The van der Waals surface area contributed by atoms with E-state index < -0.39 is 11.9 Å². The Morgan fingerprint density at radius 2 is 2.30 bits per heavy atom. The largest absolute Gasteiger partial charge is 0.496 e. The molecule has 0 aliphatic carbocycles. The van der Waals surface area contributed by atoms with Gasteiger partial charge in [-0.1, -0.05) is 0 Å². The van der Waals surface area contributed by atoms with Gasteiger partial charge in [0.1, 0.15) is 11.6 Å². The van der Waals surface area contributed by atoms with Crippen LogP contribution in [0.4, 0.5) is 4.39 Å².